The lowest BCUT2D eigenvalue weighted by Crippen LogP contribution is -2.23. The summed E-state index contributed by atoms with van der Waals surface area (Å²) in [5, 5.41) is 7.42. The normalized spacial score (nSPS) is 22.8. The summed E-state index contributed by atoms with van der Waals surface area (Å²) in [6.45, 7) is 0. The Hall–Kier alpha value is -4.10. The van der Waals surface area contributed by atoms with E-state index in [2.05, 4.69) is 91.1 Å². The lowest BCUT2D eigenvalue weighted by molar-refractivity contribution is 0.246. The van der Waals surface area contributed by atoms with Gasteiger partial charge in [-0.25, -0.2) is 0 Å². The number of hydrogen-bond donors (Lipinski definition) is 0. The third-order valence-corrected chi connectivity index (χ3v) is 14.3. The highest BCUT2D eigenvalue weighted by Crippen LogP contribution is 2.64. The zero-order chi connectivity index (χ0) is 25.9. The molecule has 192 valence electrons. The Labute approximate surface area is 230 Å². The standard InChI is InChI=1S/C34H22O4P2/c1-3-13-29-21(7-1)35-23-9-5-11-25-33(23)39(29)31-17-20-18-32-28(16-19(20)15-27(31)37-25)38-26-12-6-10-24-34(26)40(32)30-14-4-2-8-22(30)36-24/h1-13,15-18,21,29-30H,14H2. The number of fused-ring (bicyclic) bond motifs is 9. The van der Waals surface area contributed by atoms with Crippen LogP contribution in [0.2, 0.25) is 0 Å². The lowest BCUT2D eigenvalue weighted by Gasteiger charge is -2.33. The quantitative estimate of drug-likeness (QED) is 0.175. The van der Waals surface area contributed by atoms with E-state index in [1.54, 1.807) is 0 Å². The van der Waals surface area contributed by atoms with Crippen molar-refractivity contribution in [2.24, 2.45) is 0 Å². The molecule has 4 nitrogen and oxygen atoms in total. The minimum Gasteiger partial charge on any atom is -0.484 e. The largest absolute Gasteiger partial charge is 0.484 e. The van der Waals surface area contributed by atoms with Crippen LogP contribution >= 0.6 is 15.1 Å². The first-order chi connectivity index (χ1) is 19.8. The fourth-order valence-corrected chi connectivity index (χ4v) is 12.8. The van der Waals surface area contributed by atoms with Crippen LogP contribution in [-0.4, -0.2) is 6.10 Å². The van der Waals surface area contributed by atoms with Crippen molar-refractivity contribution < 1.29 is 18.3 Å². The highest BCUT2D eigenvalue weighted by molar-refractivity contribution is 7.62. The number of rotatable bonds is 0. The number of hydrogen-bond acceptors (Lipinski definition) is 4. The van der Waals surface area contributed by atoms with Gasteiger partial charge in [-0.05, 0) is 77.9 Å². The average Bonchev–Trinajstić information content (AvgIpc) is 2.99. The van der Waals surface area contributed by atoms with E-state index in [-0.39, 0.29) is 11.8 Å². The van der Waals surface area contributed by atoms with Gasteiger partial charge >= 0.3 is 0 Å². The highest BCUT2D eigenvalue weighted by atomic mass is 31.1. The summed E-state index contributed by atoms with van der Waals surface area (Å²) in [4.78, 5) is 0. The molecule has 6 heteroatoms. The van der Waals surface area contributed by atoms with Gasteiger partial charge in [0, 0.05) is 10.2 Å². The molecule has 4 aromatic carbocycles. The molecule has 0 amide bonds. The van der Waals surface area contributed by atoms with Crippen molar-refractivity contribution in [1.82, 2.24) is 0 Å². The van der Waals surface area contributed by atoms with Crippen molar-refractivity contribution in [3.05, 3.63) is 109 Å². The molecule has 4 heterocycles. The molecular formula is C34H22O4P2. The first-order valence-electron chi connectivity index (χ1n) is 13.7. The monoisotopic (exact) mass is 556 g/mol. The molecule has 5 unspecified atom stereocenters. The van der Waals surface area contributed by atoms with Crippen LogP contribution in [0.4, 0.5) is 0 Å². The molecule has 4 aliphatic rings. The van der Waals surface area contributed by atoms with Crippen LogP contribution < -0.4 is 9.47 Å². The van der Waals surface area contributed by atoms with Crippen LogP contribution in [0.1, 0.15) is 17.7 Å². The molecule has 2 aromatic heterocycles. The molecule has 2 aliphatic carbocycles. The number of benzene rings is 4. The summed E-state index contributed by atoms with van der Waals surface area (Å²) in [6, 6.07) is 21.6. The Balaban J connectivity index is 1.33. The number of allylic oxidation sites excluding steroid dienone is 6. The number of ether oxygens (including phenoxy) is 2. The van der Waals surface area contributed by atoms with Crippen molar-refractivity contribution in [2.45, 2.75) is 23.8 Å². The summed E-state index contributed by atoms with van der Waals surface area (Å²) >= 11 is 0. The Kier molecular flexibility index (Phi) is 4.21. The molecule has 40 heavy (non-hydrogen) atoms. The molecule has 0 saturated carbocycles. The van der Waals surface area contributed by atoms with Gasteiger partial charge in [-0.2, -0.15) is 0 Å². The van der Waals surface area contributed by atoms with Gasteiger partial charge in [0.2, 0.25) is 0 Å². The molecule has 0 N–H and O–H groups in total. The smallest absolute Gasteiger partial charge is 0.142 e. The van der Waals surface area contributed by atoms with Crippen molar-refractivity contribution in [2.75, 3.05) is 0 Å². The van der Waals surface area contributed by atoms with Gasteiger partial charge in [0.25, 0.3) is 0 Å². The SMILES string of the molecule is C1=CCC2C(=C1)Oc1cccc3oc4cc5cc6oc7cccc8c7p(c6cc5cc4p2c13)C1C=CC=CC1O8. The zero-order valence-electron chi connectivity index (χ0n) is 21.3. The molecule has 5 atom stereocenters. The second-order valence-corrected chi connectivity index (χ2v) is 15.4. The third-order valence-electron chi connectivity index (χ3n) is 8.60. The molecule has 10 rings (SSSR count). The molecular weight excluding hydrogens is 534 g/mol. The van der Waals surface area contributed by atoms with Crippen LogP contribution in [0, 0.1) is 0 Å². The predicted molar refractivity (Wildman–Crippen MR) is 165 cm³/mol. The summed E-state index contributed by atoms with van der Waals surface area (Å²) in [5.41, 5.74) is 4.35. The van der Waals surface area contributed by atoms with E-state index in [0.717, 1.165) is 51.4 Å². The van der Waals surface area contributed by atoms with Crippen molar-refractivity contribution >= 4 is 68.6 Å². The van der Waals surface area contributed by atoms with Gasteiger partial charge in [0.1, 0.15) is 45.7 Å². The maximum Gasteiger partial charge on any atom is 0.142 e. The Morgan fingerprint density at radius 3 is 2.20 bits per heavy atom. The van der Waals surface area contributed by atoms with E-state index in [0.29, 0.717) is 5.66 Å². The summed E-state index contributed by atoms with van der Waals surface area (Å²) in [6.07, 6.45) is 16.3. The summed E-state index contributed by atoms with van der Waals surface area (Å²) in [7, 11) is -1.37. The van der Waals surface area contributed by atoms with Gasteiger partial charge in [0.15, 0.2) is 0 Å². The van der Waals surface area contributed by atoms with E-state index >= 15 is 0 Å². The first kappa shape index (κ1) is 21.7. The van der Waals surface area contributed by atoms with Crippen LogP contribution in [0.3, 0.4) is 0 Å². The minimum absolute atomic E-state index is 0.0441. The maximum absolute atomic E-state index is 6.58. The van der Waals surface area contributed by atoms with Crippen molar-refractivity contribution in [3.8, 4) is 11.5 Å². The highest BCUT2D eigenvalue weighted by Gasteiger charge is 2.33. The van der Waals surface area contributed by atoms with Gasteiger partial charge in [0.05, 0.1) is 21.6 Å². The topological polar surface area (TPSA) is 44.7 Å². The van der Waals surface area contributed by atoms with Crippen LogP contribution in [0.25, 0.3) is 53.6 Å². The molecule has 0 radical (unpaired) electrons. The molecule has 6 aromatic rings. The summed E-state index contributed by atoms with van der Waals surface area (Å²) in [5.74, 6) is 2.96. The lowest BCUT2D eigenvalue weighted by atomic mass is 10.1. The van der Waals surface area contributed by atoms with E-state index in [1.807, 2.05) is 12.1 Å². The Morgan fingerprint density at radius 1 is 0.675 bits per heavy atom. The van der Waals surface area contributed by atoms with Gasteiger partial charge in [-0.1, -0.05) is 57.6 Å². The first-order valence-corrected chi connectivity index (χ1v) is 16.5. The molecule has 0 saturated heterocycles. The van der Waals surface area contributed by atoms with Gasteiger partial charge < -0.3 is 18.3 Å². The predicted octanol–water partition coefficient (Wildman–Crippen LogP) is 10.9. The second-order valence-electron chi connectivity index (χ2n) is 10.8. The fourth-order valence-electron chi connectivity index (χ4n) is 6.88. The second kappa shape index (κ2) is 7.76. The maximum atomic E-state index is 6.58. The zero-order valence-corrected chi connectivity index (χ0v) is 23.1. The fraction of sp³-hybridized carbons (Fsp3) is 0.118. The van der Waals surface area contributed by atoms with E-state index in [9.17, 15) is 0 Å². The van der Waals surface area contributed by atoms with Crippen LogP contribution in [0.5, 0.6) is 11.5 Å². The van der Waals surface area contributed by atoms with Gasteiger partial charge in [-0.15, -0.1) is 0 Å². The average molecular weight is 556 g/mol. The molecule has 0 bridgehead atoms. The Morgan fingerprint density at radius 2 is 1.38 bits per heavy atom. The summed E-state index contributed by atoms with van der Waals surface area (Å²) < 4.78 is 26.0. The van der Waals surface area contributed by atoms with E-state index in [1.165, 1.54) is 25.9 Å². The Bertz CT molecular complexity index is 2190. The third kappa shape index (κ3) is 2.83. The minimum atomic E-state index is -0.693. The van der Waals surface area contributed by atoms with Crippen LogP contribution in [0.15, 0.2) is 118 Å². The van der Waals surface area contributed by atoms with Crippen molar-refractivity contribution in [3.63, 3.8) is 0 Å². The van der Waals surface area contributed by atoms with Crippen LogP contribution in [-0.2, 0) is 0 Å². The molecule has 0 fully saturated rings. The van der Waals surface area contributed by atoms with Crippen molar-refractivity contribution in [1.29, 1.82) is 0 Å². The molecule has 2 aliphatic heterocycles. The van der Waals surface area contributed by atoms with E-state index < -0.39 is 15.1 Å². The van der Waals surface area contributed by atoms with Gasteiger partial charge in [-0.3, -0.25) is 0 Å². The molecule has 0 spiro atoms. The van der Waals surface area contributed by atoms with E-state index in [4.69, 9.17) is 18.3 Å².